The van der Waals surface area contributed by atoms with Gasteiger partial charge in [0.2, 0.25) is 10.0 Å². The van der Waals surface area contributed by atoms with E-state index in [4.69, 9.17) is 0 Å². The number of pyridine rings is 1. The summed E-state index contributed by atoms with van der Waals surface area (Å²) in [5, 5.41) is 19.6. The minimum Gasteiger partial charge on any atom is -0.389 e. The van der Waals surface area contributed by atoms with Crippen molar-refractivity contribution in [2.45, 2.75) is 17.1 Å². The second kappa shape index (κ2) is 4.78. The van der Waals surface area contributed by atoms with E-state index in [-0.39, 0.29) is 18.0 Å². The molecular weight excluding hydrogens is 280 g/mol. The van der Waals surface area contributed by atoms with Gasteiger partial charge in [-0.25, -0.2) is 8.42 Å². The molecule has 2 heterocycles. The van der Waals surface area contributed by atoms with Crippen LogP contribution in [0, 0.1) is 0 Å². The number of hydrogen-bond donors (Lipinski definition) is 2. The molecule has 1 saturated heterocycles. The Morgan fingerprint density at radius 2 is 1.80 bits per heavy atom. The number of aliphatic hydroxyl groups is 2. The third-order valence-electron chi connectivity index (χ3n) is 3.45. The smallest absolute Gasteiger partial charge is 0.243 e. The monoisotopic (exact) mass is 294 g/mol. The van der Waals surface area contributed by atoms with Crippen LogP contribution in [0.5, 0.6) is 0 Å². The minimum absolute atomic E-state index is 0.0971. The zero-order valence-corrected chi connectivity index (χ0v) is 11.4. The number of aromatic nitrogens is 1. The molecule has 0 spiro atoms. The van der Waals surface area contributed by atoms with Crippen molar-refractivity contribution in [2.75, 3.05) is 13.1 Å². The molecule has 106 valence electrons. The summed E-state index contributed by atoms with van der Waals surface area (Å²) in [5.41, 5.74) is 0.592. The molecule has 2 atom stereocenters. The molecule has 2 N–H and O–H groups in total. The molecule has 0 bridgehead atoms. The third-order valence-corrected chi connectivity index (χ3v) is 5.34. The Hall–Kier alpha value is -1.54. The maximum atomic E-state index is 12.6. The van der Waals surface area contributed by atoms with Crippen LogP contribution in [0.15, 0.2) is 41.4 Å². The molecule has 1 aliphatic heterocycles. The van der Waals surface area contributed by atoms with Crippen molar-refractivity contribution in [1.82, 2.24) is 9.29 Å². The summed E-state index contributed by atoms with van der Waals surface area (Å²) >= 11 is 0. The van der Waals surface area contributed by atoms with Gasteiger partial charge in [0, 0.05) is 24.7 Å². The predicted octanol–water partition coefficient (Wildman–Crippen LogP) is -0.0391. The maximum Gasteiger partial charge on any atom is 0.243 e. The molecule has 1 aromatic heterocycles. The van der Waals surface area contributed by atoms with E-state index in [2.05, 4.69) is 4.98 Å². The normalized spacial score (nSPS) is 24.3. The van der Waals surface area contributed by atoms with E-state index < -0.39 is 22.2 Å². The summed E-state index contributed by atoms with van der Waals surface area (Å²) in [6, 6.07) is 8.25. The van der Waals surface area contributed by atoms with E-state index in [9.17, 15) is 18.6 Å². The van der Waals surface area contributed by atoms with E-state index in [0.29, 0.717) is 10.9 Å². The molecule has 20 heavy (non-hydrogen) atoms. The molecule has 0 aliphatic carbocycles. The Kier molecular flexibility index (Phi) is 3.21. The summed E-state index contributed by atoms with van der Waals surface area (Å²) in [6.45, 7) is -0.194. The number of β-amino-alcohol motifs (C(OH)–C–C–N with tert-alkyl or cyclic N) is 2. The zero-order chi connectivity index (χ0) is 14.3. The number of aliphatic hydroxyl groups excluding tert-OH is 2. The number of fused-ring (bicyclic) bond motifs is 1. The molecule has 6 nitrogen and oxygen atoms in total. The van der Waals surface area contributed by atoms with E-state index in [0.717, 1.165) is 4.31 Å². The largest absolute Gasteiger partial charge is 0.389 e. The Labute approximate surface area is 116 Å². The fourth-order valence-electron chi connectivity index (χ4n) is 2.37. The first-order valence-electron chi connectivity index (χ1n) is 6.20. The number of hydrogen-bond acceptors (Lipinski definition) is 5. The van der Waals surface area contributed by atoms with Gasteiger partial charge in [0.05, 0.1) is 22.6 Å². The van der Waals surface area contributed by atoms with Crippen LogP contribution in [-0.4, -0.2) is 53.2 Å². The predicted molar refractivity (Wildman–Crippen MR) is 72.5 cm³/mol. The first-order valence-corrected chi connectivity index (χ1v) is 7.64. The van der Waals surface area contributed by atoms with Crippen molar-refractivity contribution in [2.24, 2.45) is 0 Å². The van der Waals surface area contributed by atoms with Crippen molar-refractivity contribution in [3.8, 4) is 0 Å². The molecule has 3 rings (SSSR count). The van der Waals surface area contributed by atoms with Gasteiger partial charge in [0.1, 0.15) is 0 Å². The fourth-order valence-corrected chi connectivity index (χ4v) is 4.05. The lowest BCUT2D eigenvalue weighted by atomic mass is 10.2. The Bertz CT molecular complexity index is 732. The molecule has 1 aromatic carbocycles. The first-order chi connectivity index (χ1) is 9.50. The molecule has 0 radical (unpaired) electrons. The van der Waals surface area contributed by atoms with Crippen LogP contribution in [0.1, 0.15) is 0 Å². The highest BCUT2D eigenvalue weighted by Crippen LogP contribution is 2.27. The number of rotatable bonds is 2. The lowest BCUT2D eigenvalue weighted by Crippen LogP contribution is -2.30. The minimum atomic E-state index is -3.76. The fraction of sp³-hybridized carbons (Fsp3) is 0.308. The van der Waals surface area contributed by atoms with Gasteiger partial charge in [-0.1, -0.05) is 6.07 Å². The molecule has 1 aliphatic rings. The molecule has 0 saturated carbocycles. The summed E-state index contributed by atoms with van der Waals surface area (Å²) < 4.78 is 26.3. The third kappa shape index (κ3) is 2.08. The van der Waals surface area contributed by atoms with Crippen LogP contribution in [0.2, 0.25) is 0 Å². The van der Waals surface area contributed by atoms with E-state index >= 15 is 0 Å². The van der Waals surface area contributed by atoms with Gasteiger partial charge in [0.25, 0.3) is 0 Å². The molecule has 7 heteroatoms. The van der Waals surface area contributed by atoms with Crippen LogP contribution in [0.4, 0.5) is 0 Å². The van der Waals surface area contributed by atoms with Crippen molar-refractivity contribution in [3.05, 3.63) is 36.5 Å². The number of nitrogens with zero attached hydrogens (tertiary/aromatic N) is 2. The van der Waals surface area contributed by atoms with Gasteiger partial charge < -0.3 is 10.2 Å². The van der Waals surface area contributed by atoms with E-state index in [1.165, 1.54) is 6.07 Å². The van der Waals surface area contributed by atoms with Gasteiger partial charge >= 0.3 is 0 Å². The molecule has 2 aromatic rings. The first kappa shape index (κ1) is 13.4. The molecule has 0 amide bonds. The van der Waals surface area contributed by atoms with Crippen molar-refractivity contribution < 1.29 is 18.6 Å². The van der Waals surface area contributed by atoms with Crippen molar-refractivity contribution >= 4 is 20.9 Å². The van der Waals surface area contributed by atoms with Crippen molar-refractivity contribution in [1.29, 1.82) is 0 Å². The van der Waals surface area contributed by atoms with Crippen LogP contribution >= 0.6 is 0 Å². The summed E-state index contributed by atoms with van der Waals surface area (Å²) in [4.78, 5) is 4.27. The quantitative estimate of drug-likeness (QED) is 0.811. The van der Waals surface area contributed by atoms with Crippen LogP contribution in [-0.2, 0) is 10.0 Å². The topological polar surface area (TPSA) is 90.7 Å². The lowest BCUT2D eigenvalue weighted by molar-refractivity contribution is 0.0572. The second-order valence-corrected chi connectivity index (χ2v) is 6.69. The van der Waals surface area contributed by atoms with Crippen LogP contribution < -0.4 is 0 Å². The number of benzene rings is 1. The lowest BCUT2D eigenvalue weighted by Gasteiger charge is -2.16. The molecule has 1 fully saturated rings. The average Bonchev–Trinajstić information content (AvgIpc) is 2.79. The van der Waals surface area contributed by atoms with Gasteiger partial charge in [-0.05, 0) is 24.3 Å². The van der Waals surface area contributed by atoms with Gasteiger partial charge in [0.15, 0.2) is 0 Å². The van der Waals surface area contributed by atoms with Crippen LogP contribution in [0.25, 0.3) is 10.9 Å². The van der Waals surface area contributed by atoms with Crippen LogP contribution in [0.3, 0.4) is 0 Å². The second-order valence-electron chi connectivity index (χ2n) is 4.78. The molecule has 2 unspecified atom stereocenters. The standard InChI is InChI=1S/C13H14N2O4S/c16-11-7-15(8-12(11)17)20(18,19)13-5-1-4-10-9(13)3-2-6-14-10/h1-6,11-12,16-17H,7-8H2. The summed E-state index contributed by atoms with van der Waals surface area (Å²) in [7, 11) is -3.76. The summed E-state index contributed by atoms with van der Waals surface area (Å²) in [5.74, 6) is 0. The Morgan fingerprint density at radius 1 is 1.10 bits per heavy atom. The van der Waals surface area contributed by atoms with Gasteiger partial charge in [-0.2, -0.15) is 4.31 Å². The molecular formula is C13H14N2O4S. The summed E-state index contributed by atoms with van der Waals surface area (Å²) in [6.07, 6.45) is -0.488. The average molecular weight is 294 g/mol. The van der Waals surface area contributed by atoms with Gasteiger partial charge in [-0.15, -0.1) is 0 Å². The van der Waals surface area contributed by atoms with Gasteiger partial charge in [-0.3, -0.25) is 4.98 Å². The SMILES string of the molecule is O=S(=O)(c1cccc2ncccc12)N1CC(O)C(O)C1. The number of sulfonamides is 1. The highest BCUT2D eigenvalue weighted by atomic mass is 32.2. The Morgan fingerprint density at radius 3 is 2.50 bits per heavy atom. The zero-order valence-electron chi connectivity index (χ0n) is 10.5. The van der Waals surface area contributed by atoms with E-state index in [1.54, 1.807) is 30.5 Å². The maximum absolute atomic E-state index is 12.6. The van der Waals surface area contributed by atoms with E-state index in [1.807, 2.05) is 0 Å². The highest BCUT2D eigenvalue weighted by Gasteiger charge is 2.38. The van der Waals surface area contributed by atoms with Crippen molar-refractivity contribution in [3.63, 3.8) is 0 Å². The highest BCUT2D eigenvalue weighted by molar-refractivity contribution is 7.89. The Balaban J connectivity index is 2.11.